The molecule has 0 bridgehead atoms. The maximum absolute atomic E-state index is 13.4. The molecule has 0 saturated heterocycles. The smallest absolute Gasteiger partial charge is 0.129 e. The van der Waals surface area contributed by atoms with Gasteiger partial charge in [0.05, 0.1) is 6.61 Å². The third-order valence-electron chi connectivity index (χ3n) is 2.29. The van der Waals surface area contributed by atoms with Gasteiger partial charge in [0.1, 0.15) is 5.82 Å². The second-order valence-corrected chi connectivity index (χ2v) is 4.09. The molecule has 0 spiro atoms. The first-order valence-electron chi connectivity index (χ1n) is 5.58. The summed E-state index contributed by atoms with van der Waals surface area (Å²) in [5.74, 6) is -0.266. The molecule has 0 aliphatic carbocycles. The van der Waals surface area contributed by atoms with Crippen molar-refractivity contribution >= 4 is 11.6 Å². The number of ether oxygens (including phenoxy) is 1. The predicted molar refractivity (Wildman–Crippen MR) is 67.9 cm³/mol. The lowest BCUT2D eigenvalue weighted by atomic mass is 10.2. The molecule has 0 unspecified atom stereocenters. The van der Waals surface area contributed by atoms with Gasteiger partial charge in [-0.3, -0.25) is 0 Å². The molecule has 0 amide bonds. The van der Waals surface area contributed by atoms with Crippen molar-refractivity contribution < 1.29 is 9.13 Å². The third kappa shape index (κ3) is 5.98. The van der Waals surface area contributed by atoms with Crippen molar-refractivity contribution in [1.29, 1.82) is 0 Å². The second-order valence-electron chi connectivity index (χ2n) is 3.66. The lowest BCUT2D eigenvalue weighted by Crippen LogP contribution is -2.29. The van der Waals surface area contributed by atoms with Crippen LogP contribution in [0, 0.1) is 5.82 Å². The van der Waals surface area contributed by atoms with E-state index in [1.54, 1.807) is 19.2 Å². The first-order chi connectivity index (χ1) is 8.24. The van der Waals surface area contributed by atoms with E-state index in [-0.39, 0.29) is 5.82 Å². The lowest BCUT2D eigenvalue weighted by molar-refractivity contribution is 0.199. The molecule has 1 aromatic rings. The van der Waals surface area contributed by atoms with Gasteiger partial charge in [0.15, 0.2) is 0 Å². The SMILES string of the molecule is COCCNCCNCc1ccc(Cl)cc1F. The van der Waals surface area contributed by atoms with Crippen molar-refractivity contribution in [2.45, 2.75) is 6.54 Å². The average Bonchev–Trinajstić information content (AvgIpc) is 2.30. The second kappa shape index (κ2) is 8.42. The largest absolute Gasteiger partial charge is 0.383 e. The van der Waals surface area contributed by atoms with Crippen LogP contribution in [0.15, 0.2) is 18.2 Å². The minimum absolute atomic E-state index is 0.266. The van der Waals surface area contributed by atoms with Crippen LogP contribution in [0.5, 0.6) is 0 Å². The molecule has 0 radical (unpaired) electrons. The number of halogens is 2. The van der Waals surface area contributed by atoms with Crippen molar-refractivity contribution in [2.75, 3.05) is 33.4 Å². The van der Waals surface area contributed by atoms with Gasteiger partial charge >= 0.3 is 0 Å². The van der Waals surface area contributed by atoms with Gasteiger partial charge < -0.3 is 15.4 Å². The highest BCUT2D eigenvalue weighted by Crippen LogP contribution is 2.14. The summed E-state index contributed by atoms with van der Waals surface area (Å²) in [6.45, 7) is 3.65. The number of methoxy groups -OCH3 is 1. The minimum Gasteiger partial charge on any atom is -0.383 e. The van der Waals surface area contributed by atoms with Gasteiger partial charge in [-0.25, -0.2) is 4.39 Å². The van der Waals surface area contributed by atoms with Crippen LogP contribution in [-0.2, 0) is 11.3 Å². The molecule has 5 heteroatoms. The van der Waals surface area contributed by atoms with Crippen LogP contribution in [0.3, 0.4) is 0 Å². The fraction of sp³-hybridized carbons (Fsp3) is 0.500. The number of hydrogen-bond donors (Lipinski definition) is 2. The van der Waals surface area contributed by atoms with Crippen LogP contribution >= 0.6 is 11.6 Å². The van der Waals surface area contributed by atoms with Crippen LogP contribution in [0.2, 0.25) is 5.02 Å². The van der Waals surface area contributed by atoms with Gasteiger partial charge in [0, 0.05) is 43.9 Å². The molecule has 0 heterocycles. The summed E-state index contributed by atoms with van der Waals surface area (Å²) in [5.41, 5.74) is 0.631. The Morgan fingerprint density at radius 1 is 1.24 bits per heavy atom. The van der Waals surface area contributed by atoms with Crippen LogP contribution in [0.1, 0.15) is 5.56 Å². The maximum atomic E-state index is 13.4. The molecular formula is C12H18ClFN2O. The van der Waals surface area contributed by atoms with Crippen molar-refractivity contribution in [3.05, 3.63) is 34.6 Å². The van der Waals surface area contributed by atoms with Crippen LogP contribution in [0.25, 0.3) is 0 Å². The van der Waals surface area contributed by atoms with E-state index in [1.807, 2.05) is 0 Å². The summed E-state index contributed by atoms with van der Waals surface area (Å²) < 4.78 is 18.3. The molecule has 96 valence electrons. The summed E-state index contributed by atoms with van der Waals surface area (Å²) in [6.07, 6.45) is 0. The molecular weight excluding hydrogens is 243 g/mol. The zero-order valence-electron chi connectivity index (χ0n) is 9.93. The van der Waals surface area contributed by atoms with Gasteiger partial charge in [0.2, 0.25) is 0 Å². The van der Waals surface area contributed by atoms with E-state index < -0.39 is 0 Å². The normalized spacial score (nSPS) is 10.8. The first kappa shape index (κ1) is 14.4. The summed E-state index contributed by atoms with van der Waals surface area (Å²) in [7, 11) is 1.67. The maximum Gasteiger partial charge on any atom is 0.129 e. The average molecular weight is 261 g/mol. The molecule has 1 aromatic carbocycles. The van der Waals surface area contributed by atoms with E-state index in [2.05, 4.69) is 10.6 Å². The Kier molecular flexibility index (Phi) is 7.12. The molecule has 0 aliphatic heterocycles. The Hall–Kier alpha value is -0.680. The highest BCUT2D eigenvalue weighted by molar-refractivity contribution is 6.30. The molecule has 0 aliphatic rings. The standard InChI is InChI=1S/C12H18ClFN2O/c1-17-7-6-15-4-5-16-9-10-2-3-11(13)8-12(10)14/h2-3,8,15-16H,4-7,9H2,1H3. The summed E-state index contributed by atoms with van der Waals surface area (Å²) in [6, 6.07) is 4.72. The number of hydrogen-bond acceptors (Lipinski definition) is 3. The number of nitrogens with one attached hydrogen (secondary N) is 2. The van der Waals surface area contributed by atoms with E-state index in [1.165, 1.54) is 6.07 Å². The third-order valence-corrected chi connectivity index (χ3v) is 2.53. The Morgan fingerprint density at radius 3 is 2.71 bits per heavy atom. The zero-order valence-corrected chi connectivity index (χ0v) is 10.7. The Balaban J connectivity index is 2.14. The summed E-state index contributed by atoms with van der Waals surface area (Å²) in [4.78, 5) is 0. The molecule has 2 N–H and O–H groups in total. The Bertz CT molecular complexity index is 336. The van der Waals surface area contributed by atoms with Crippen molar-refractivity contribution in [2.24, 2.45) is 0 Å². The van der Waals surface area contributed by atoms with Gasteiger partial charge in [-0.2, -0.15) is 0 Å². The highest BCUT2D eigenvalue weighted by Gasteiger charge is 2.01. The molecule has 17 heavy (non-hydrogen) atoms. The fourth-order valence-corrected chi connectivity index (χ4v) is 1.52. The van der Waals surface area contributed by atoms with Gasteiger partial charge in [-0.1, -0.05) is 17.7 Å². The van der Waals surface area contributed by atoms with Crippen molar-refractivity contribution in [1.82, 2.24) is 10.6 Å². The zero-order chi connectivity index (χ0) is 12.5. The highest BCUT2D eigenvalue weighted by atomic mass is 35.5. The lowest BCUT2D eigenvalue weighted by Gasteiger charge is -2.07. The number of benzene rings is 1. The van der Waals surface area contributed by atoms with Crippen LogP contribution < -0.4 is 10.6 Å². The van der Waals surface area contributed by atoms with Gasteiger partial charge in [-0.15, -0.1) is 0 Å². The summed E-state index contributed by atoms with van der Waals surface area (Å²) >= 11 is 5.67. The van der Waals surface area contributed by atoms with Gasteiger partial charge in [-0.05, 0) is 12.1 Å². The van der Waals surface area contributed by atoms with E-state index in [4.69, 9.17) is 16.3 Å². The summed E-state index contributed by atoms with van der Waals surface area (Å²) in [5, 5.41) is 6.77. The van der Waals surface area contributed by atoms with Crippen LogP contribution in [-0.4, -0.2) is 33.4 Å². The van der Waals surface area contributed by atoms with E-state index in [0.29, 0.717) is 23.7 Å². The number of rotatable bonds is 8. The van der Waals surface area contributed by atoms with Crippen LogP contribution in [0.4, 0.5) is 4.39 Å². The van der Waals surface area contributed by atoms with E-state index in [0.717, 1.165) is 19.6 Å². The minimum atomic E-state index is -0.266. The Morgan fingerprint density at radius 2 is 2.00 bits per heavy atom. The first-order valence-corrected chi connectivity index (χ1v) is 5.96. The van der Waals surface area contributed by atoms with E-state index >= 15 is 0 Å². The van der Waals surface area contributed by atoms with Crippen molar-refractivity contribution in [3.8, 4) is 0 Å². The van der Waals surface area contributed by atoms with Crippen molar-refractivity contribution in [3.63, 3.8) is 0 Å². The monoisotopic (exact) mass is 260 g/mol. The predicted octanol–water partition coefficient (Wildman–Crippen LogP) is 1.80. The molecule has 0 aromatic heterocycles. The topological polar surface area (TPSA) is 33.3 Å². The quantitative estimate of drug-likeness (QED) is 0.700. The molecule has 3 nitrogen and oxygen atoms in total. The molecule has 0 saturated carbocycles. The molecule has 0 atom stereocenters. The molecule has 0 fully saturated rings. The van der Waals surface area contributed by atoms with E-state index in [9.17, 15) is 4.39 Å². The molecule has 1 rings (SSSR count). The Labute approximate surface area is 106 Å². The fourth-order valence-electron chi connectivity index (χ4n) is 1.36. The van der Waals surface area contributed by atoms with Gasteiger partial charge in [0.25, 0.3) is 0 Å².